The number of hydrogen-bond acceptors (Lipinski definition) is 4. The van der Waals surface area contributed by atoms with Gasteiger partial charge in [-0.1, -0.05) is 12.1 Å². The minimum absolute atomic E-state index is 0. The van der Waals surface area contributed by atoms with E-state index in [2.05, 4.69) is 15.6 Å². The average molecular weight is 465 g/mol. The zero-order valence-electron chi connectivity index (χ0n) is 16.1. The summed E-state index contributed by atoms with van der Waals surface area (Å²) in [7, 11) is 3.33. The van der Waals surface area contributed by atoms with Crippen LogP contribution in [0.2, 0.25) is 0 Å². The minimum atomic E-state index is -0.290. The van der Waals surface area contributed by atoms with Crippen molar-refractivity contribution in [1.29, 1.82) is 0 Å². The van der Waals surface area contributed by atoms with Gasteiger partial charge in [-0.15, -0.1) is 24.0 Å². The van der Waals surface area contributed by atoms with Crippen molar-refractivity contribution in [2.24, 2.45) is 4.99 Å². The van der Waals surface area contributed by atoms with Crippen LogP contribution in [0.5, 0.6) is 11.5 Å². The molecule has 0 aliphatic heterocycles. The van der Waals surface area contributed by atoms with Gasteiger partial charge in [-0.05, 0) is 39.8 Å². The molecule has 1 atom stereocenters. The van der Waals surface area contributed by atoms with Crippen molar-refractivity contribution < 1.29 is 14.2 Å². The Balaban J connectivity index is 0.00000576. The first-order valence-corrected chi connectivity index (χ1v) is 8.29. The van der Waals surface area contributed by atoms with Gasteiger partial charge in [-0.25, -0.2) is 0 Å². The maximum atomic E-state index is 5.94. The van der Waals surface area contributed by atoms with Crippen molar-refractivity contribution in [1.82, 2.24) is 10.6 Å². The van der Waals surface area contributed by atoms with E-state index in [4.69, 9.17) is 14.2 Å². The summed E-state index contributed by atoms with van der Waals surface area (Å²) in [6, 6.07) is 7.63. The second-order valence-electron chi connectivity index (χ2n) is 6.12. The van der Waals surface area contributed by atoms with Gasteiger partial charge in [-0.2, -0.15) is 0 Å². The number of halogens is 1. The monoisotopic (exact) mass is 465 g/mol. The summed E-state index contributed by atoms with van der Waals surface area (Å²) >= 11 is 0. The number of nitrogens with one attached hydrogen (secondary N) is 2. The molecule has 6 nitrogen and oxygen atoms in total. The lowest BCUT2D eigenvalue weighted by Gasteiger charge is -2.22. The molecule has 0 saturated carbocycles. The van der Waals surface area contributed by atoms with Crippen LogP contribution in [0.15, 0.2) is 29.3 Å². The number of para-hydroxylation sites is 2. The van der Waals surface area contributed by atoms with Crippen LogP contribution in [0.4, 0.5) is 0 Å². The Bertz CT molecular complexity index is 524. The lowest BCUT2D eigenvalue weighted by Crippen LogP contribution is -2.42. The van der Waals surface area contributed by atoms with Crippen molar-refractivity contribution >= 4 is 29.9 Å². The quantitative estimate of drug-likeness (QED) is 0.334. The molecule has 0 amide bonds. The number of methoxy groups -OCH3 is 2. The smallest absolute Gasteiger partial charge is 0.191 e. The zero-order chi connectivity index (χ0) is 18.0. The number of nitrogens with zero attached hydrogens (tertiary/aromatic N) is 1. The molecule has 0 heterocycles. The summed E-state index contributed by atoms with van der Waals surface area (Å²) in [6.45, 7) is 10.0. The van der Waals surface area contributed by atoms with Crippen molar-refractivity contribution in [3.05, 3.63) is 24.3 Å². The van der Waals surface area contributed by atoms with Gasteiger partial charge in [0.15, 0.2) is 17.5 Å². The van der Waals surface area contributed by atoms with Crippen LogP contribution in [-0.2, 0) is 4.74 Å². The zero-order valence-corrected chi connectivity index (χ0v) is 18.4. The molecule has 1 aromatic carbocycles. The van der Waals surface area contributed by atoms with Crippen molar-refractivity contribution in [2.75, 3.05) is 33.9 Å². The minimum Gasteiger partial charge on any atom is -0.493 e. The molecule has 1 rings (SSSR count). The van der Waals surface area contributed by atoms with Gasteiger partial charge in [0, 0.05) is 13.7 Å². The van der Waals surface area contributed by atoms with E-state index < -0.39 is 0 Å². The molecule has 0 fully saturated rings. The second kappa shape index (κ2) is 12.2. The Morgan fingerprint density at radius 2 is 1.80 bits per heavy atom. The Hall–Kier alpha value is -1.22. The van der Waals surface area contributed by atoms with Crippen LogP contribution >= 0.6 is 24.0 Å². The van der Waals surface area contributed by atoms with E-state index in [1.54, 1.807) is 14.2 Å². The van der Waals surface area contributed by atoms with Gasteiger partial charge in [0.1, 0.15) is 6.10 Å². The standard InChI is InChI=1S/C18H31N3O3.HI/c1-7-19-17(21-13-18(3,4)23-6)20-12-14(2)24-16-11-9-8-10-15(16)22-5;/h8-11,14H,7,12-13H2,1-6H3,(H2,19,20,21);1H. The fourth-order valence-corrected chi connectivity index (χ4v) is 1.89. The van der Waals surface area contributed by atoms with E-state index in [0.717, 1.165) is 24.0 Å². The van der Waals surface area contributed by atoms with Crippen LogP contribution in [-0.4, -0.2) is 51.5 Å². The van der Waals surface area contributed by atoms with Crippen LogP contribution < -0.4 is 20.1 Å². The van der Waals surface area contributed by atoms with E-state index >= 15 is 0 Å². The van der Waals surface area contributed by atoms with Crippen LogP contribution in [0.3, 0.4) is 0 Å². The highest BCUT2D eigenvalue weighted by atomic mass is 127. The largest absolute Gasteiger partial charge is 0.493 e. The average Bonchev–Trinajstić information content (AvgIpc) is 2.58. The van der Waals surface area contributed by atoms with E-state index in [1.165, 1.54) is 0 Å². The van der Waals surface area contributed by atoms with Crippen LogP contribution in [0.25, 0.3) is 0 Å². The number of hydrogen-bond donors (Lipinski definition) is 2. The Kier molecular flexibility index (Phi) is 11.6. The van der Waals surface area contributed by atoms with Crippen molar-refractivity contribution in [2.45, 2.75) is 39.4 Å². The fourth-order valence-electron chi connectivity index (χ4n) is 1.89. The SMILES string of the molecule is CCNC(=NCC(C)(C)OC)NCC(C)Oc1ccccc1OC.I. The third kappa shape index (κ3) is 9.15. The predicted molar refractivity (Wildman–Crippen MR) is 114 cm³/mol. The van der Waals surface area contributed by atoms with E-state index in [-0.39, 0.29) is 35.7 Å². The number of rotatable bonds is 9. The molecule has 0 spiro atoms. The van der Waals surface area contributed by atoms with Crippen molar-refractivity contribution in [3.8, 4) is 11.5 Å². The van der Waals surface area contributed by atoms with Gasteiger partial charge in [0.05, 0.1) is 25.8 Å². The molecule has 2 N–H and O–H groups in total. The van der Waals surface area contributed by atoms with Gasteiger partial charge in [-0.3, -0.25) is 4.99 Å². The summed E-state index contributed by atoms with van der Waals surface area (Å²) in [5, 5.41) is 6.52. The highest BCUT2D eigenvalue weighted by molar-refractivity contribution is 14.0. The molecule has 0 bridgehead atoms. The Morgan fingerprint density at radius 1 is 1.16 bits per heavy atom. The summed E-state index contributed by atoms with van der Waals surface area (Å²) in [5.74, 6) is 2.21. The molecule has 0 saturated heterocycles. The summed E-state index contributed by atoms with van der Waals surface area (Å²) < 4.78 is 16.6. The summed E-state index contributed by atoms with van der Waals surface area (Å²) in [4.78, 5) is 4.56. The molecule has 144 valence electrons. The first kappa shape index (κ1) is 23.8. The molecule has 0 aromatic heterocycles. The van der Waals surface area contributed by atoms with E-state index in [0.29, 0.717) is 13.1 Å². The maximum absolute atomic E-state index is 5.94. The van der Waals surface area contributed by atoms with Gasteiger partial charge in [0.25, 0.3) is 0 Å². The summed E-state index contributed by atoms with van der Waals surface area (Å²) in [5.41, 5.74) is -0.290. The molecule has 0 aliphatic carbocycles. The molecule has 25 heavy (non-hydrogen) atoms. The van der Waals surface area contributed by atoms with E-state index in [1.807, 2.05) is 52.0 Å². The van der Waals surface area contributed by atoms with Crippen LogP contribution in [0, 0.1) is 0 Å². The third-order valence-corrected chi connectivity index (χ3v) is 3.47. The third-order valence-electron chi connectivity index (χ3n) is 3.47. The second-order valence-corrected chi connectivity index (χ2v) is 6.12. The van der Waals surface area contributed by atoms with Gasteiger partial charge in [0.2, 0.25) is 0 Å². The lowest BCUT2D eigenvalue weighted by atomic mass is 10.1. The molecule has 0 radical (unpaired) electrons. The number of ether oxygens (including phenoxy) is 3. The molecular formula is C18H32IN3O3. The molecule has 1 unspecified atom stereocenters. The first-order valence-electron chi connectivity index (χ1n) is 8.29. The Morgan fingerprint density at radius 3 is 2.36 bits per heavy atom. The molecule has 0 aliphatic rings. The van der Waals surface area contributed by atoms with Crippen LogP contribution in [0.1, 0.15) is 27.7 Å². The van der Waals surface area contributed by atoms with Gasteiger partial charge < -0.3 is 24.8 Å². The van der Waals surface area contributed by atoms with Crippen molar-refractivity contribution in [3.63, 3.8) is 0 Å². The topological polar surface area (TPSA) is 64.1 Å². The van der Waals surface area contributed by atoms with E-state index in [9.17, 15) is 0 Å². The highest BCUT2D eigenvalue weighted by Gasteiger charge is 2.16. The number of benzene rings is 1. The molecule has 1 aromatic rings. The predicted octanol–water partition coefficient (Wildman–Crippen LogP) is 3.06. The molecule has 7 heteroatoms. The fraction of sp³-hybridized carbons (Fsp3) is 0.611. The first-order chi connectivity index (χ1) is 11.4. The highest BCUT2D eigenvalue weighted by Crippen LogP contribution is 2.26. The number of aliphatic imine (C=N–C) groups is 1. The Labute approximate surface area is 168 Å². The van der Waals surface area contributed by atoms with Gasteiger partial charge >= 0.3 is 0 Å². The molecular weight excluding hydrogens is 433 g/mol. The summed E-state index contributed by atoms with van der Waals surface area (Å²) in [6.07, 6.45) is -0.0411. The maximum Gasteiger partial charge on any atom is 0.191 e. The normalized spacial score (nSPS) is 12.8. The number of guanidine groups is 1. The lowest BCUT2D eigenvalue weighted by molar-refractivity contribution is 0.0310.